The lowest BCUT2D eigenvalue weighted by molar-refractivity contribution is -0.159. The lowest BCUT2D eigenvalue weighted by Crippen LogP contribution is -2.50. The van der Waals surface area contributed by atoms with Crippen LogP contribution < -0.4 is 0 Å². The Labute approximate surface area is 87.5 Å². The summed E-state index contributed by atoms with van der Waals surface area (Å²) in [5.74, 6) is -1.59. The topological polar surface area (TPSA) is 101 Å². The van der Waals surface area contributed by atoms with Crippen LogP contribution >= 0.6 is 0 Å². The van der Waals surface area contributed by atoms with Crippen LogP contribution in [0.25, 0.3) is 0 Å². The van der Waals surface area contributed by atoms with Gasteiger partial charge < -0.3 is 15.3 Å². The number of carboxylic acids is 1. The Morgan fingerprint density at radius 3 is 1.87 bits per heavy atom. The van der Waals surface area contributed by atoms with Crippen LogP contribution in [0.1, 0.15) is 6.92 Å². The molecule has 0 aliphatic heterocycles. The van der Waals surface area contributed by atoms with Crippen molar-refractivity contribution in [3.8, 4) is 0 Å². The standard InChI is InChI=1S/C8H16N2O5/c1-7(13)10(6-8(14)15)9(2-4-11)3-5-12/h11-12H,2-6H2,1H3,(H,14,15). The Morgan fingerprint density at radius 1 is 1.13 bits per heavy atom. The molecule has 0 saturated heterocycles. The van der Waals surface area contributed by atoms with Crippen LogP contribution in [0.5, 0.6) is 0 Å². The summed E-state index contributed by atoms with van der Waals surface area (Å²) in [4.78, 5) is 21.6. The van der Waals surface area contributed by atoms with Gasteiger partial charge in [-0.1, -0.05) is 0 Å². The van der Waals surface area contributed by atoms with E-state index >= 15 is 0 Å². The van der Waals surface area contributed by atoms with E-state index in [1.807, 2.05) is 0 Å². The molecule has 0 saturated carbocycles. The number of hydrogen-bond acceptors (Lipinski definition) is 5. The monoisotopic (exact) mass is 220 g/mol. The van der Waals surface area contributed by atoms with Crippen molar-refractivity contribution in [1.82, 2.24) is 10.0 Å². The SMILES string of the molecule is CC(=O)N(CC(=O)O)N(CCO)CCO. The fraction of sp³-hybridized carbons (Fsp3) is 0.750. The lowest BCUT2D eigenvalue weighted by atomic mass is 10.5. The molecular weight excluding hydrogens is 204 g/mol. The molecule has 0 aromatic rings. The second-order valence-corrected chi connectivity index (χ2v) is 2.87. The lowest BCUT2D eigenvalue weighted by Gasteiger charge is -2.32. The number of aliphatic hydroxyl groups excluding tert-OH is 2. The molecule has 0 rings (SSSR count). The van der Waals surface area contributed by atoms with Gasteiger partial charge in [-0.05, 0) is 0 Å². The zero-order valence-corrected chi connectivity index (χ0v) is 8.59. The Hall–Kier alpha value is -1.18. The fourth-order valence-corrected chi connectivity index (χ4v) is 1.12. The van der Waals surface area contributed by atoms with Gasteiger partial charge in [0.1, 0.15) is 6.54 Å². The molecule has 0 bridgehead atoms. The van der Waals surface area contributed by atoms with Crippen LogP contribution in [0.2, 0.25) is 0 Å². The highest BCUT2D eigenvalue weighted by atomic mass is 16.4. The highest BCUT2D eigenvalue weighted by Crippen LogP contribution is 1.98. The average molecular weight is 220 g/mol. The summed E-state index contributed by atoms with van der Waals surface area (Å²) >= 11 is 0. The number of nitrogens with zero attached hydrogens (tertiary/aromatic N) is 2. The molecule has 7 nitrogen and oxygen atoms in total. The molecule has 15 heavy (non-hydrogen) atoms. The zero-order chi connectivity index (χ0) is 11.8. The van der Waals surface area contributed by atoms with Gasteiger partial charge in [-0.2, -0.15) is 0 Å². The van der Waals surface area contributed by atoms with Crippen LogP contribution in [0.4, 0.5) is 0 Å². The quantitative estimate of drug-likeness (QED) is 0.434. The largest absolute Gasteiger partial charge is 0.480 e. The third-order valence-electron chi connectivity index (χ3n) is 1.71. The molecule has 0 heterocycles. The summed E-state index contributed by atoms with van der Waals surface area (Å²) in [5.41, 5.74) is 0. The summed E-state index contributed by atoms with van der Waals surface area (Å²) in [6.45, 7) is 0.521. The molecule has 0 aromatic heterocycles. The van der Waals surface area contributed by atoms with E-state index in [0.717, 1.165) is 5.01 Å². The molecule has 0 spiro atoms. The van der Waals surface area contributed by atoms with Crippen LogP contribution in [0.15, 0.2) is 0 Å². The first-order chi connectivity index (χ1) is 7.02. The number of aliphatic carboxylic acids is 1. The van der Waals surface area contributed by atoms with E-state index in [2.05, 4.69) is 0 Å². The van der Waals surface area contributed by atoms with Gasteiger partial charge in [0, 0.05) is 20.0 Å². The van der Waals surface area contributed by atoms with E-state index in [9.17, 15) is 9.59 Å². The summed E-state index contributed by atoms with van der Waals surface area (Å²) < 4.78 is 0. The third-order valence-corrected chi connectivity index (χ3v) is 1.71. The molecule has 3 N–H and O–H groups in total. The van der Waals surface area contributed by atoms with Gasteiger partial charge in [-0.15, -0.1) is 0 Å². The number of aliphatic hydroxyl groups is 2. The van der Waals surface area contributed by atoms with Crippen molar-refractivity contribution >= 4 is 11.9 Å². The van der Waals surface area contributed by atoms with E-state index in [1.54, 1.807) is 0 Å². The molecule has 0 fully saturated rings. The summed E-state index contributed by atoms with van der Waals surface area (Å²) in [7, 11) is 0. The Balaban J connectivity index is 4.50. The fourth-order valence-electron chi connectivity index (χ4n) is 1.12. The van der Waals surface area contributed by atoms with E-state index in [4.69, 9.17) is 15.3 Å². The van der Waals surface area contributed by atoms with Gasteiger partial charge in [-0.3, -0.25) is 14.6 Å². The van der Waals surface area contributed by atoms with Crippen molar-refractivity contribution in [2.75, 3.05) is 32.8 Å². The first kappa shape index (κ1) is 13.8. The van der Waals surface area contributed by atoms with Crippen LogP contribution in [0, 0.1) is 0 Å². The molecule has 0 aromatic carbocycles. The second-order valence-electron chi connectivity index (χ2n) is 2.87. The highest BCUT2D eigenvalue weighted by Gasteiger charge is 2.19. The van der Waals surface area contributed by atoms with Gasteiger partial charge in [0.05, 0.1) is 13.2 Å². The Morgan fingerprint density at radius 2 is 1.60 bits per heavy atom. The van der Waals surface area contributed by atoms with E-state index in [-0.39, 0.29) is 26.3 Å². The molecule has 0 aliphatic rings. The third kappa shape index (κ3) is 5.31. The maximum atomic E-state index is 11.1. The maximum absolute atomic E-state index is 11.1. The van der Waals surface area contributed by atoms with Crippen molar-refractivity contribution in [1.29, 1.82) is 0 Å². The number of carbonyl (C=O) groups is 2. The van der Waals surface area contributed by atoms with E-state index in [1.165, 1.54) is 11.9 Å². The zero-order valence-electron chi connectivity index (χ0n) is 8.59. The van der Waals surface area contributed by atoms with Gasteiger partial charge in [0.15, 0.2) is 0 Å². The smallest absolute Gasteiger partial charge is 0.324 e. The Bertz CT molecular complexity index is 215. The number of hydrogen-bond donors (Lipinski definition) is 3. The average Bonchev–Trinajstić information content (AvgIpc) is 2.13. The van der Waals surface area contributed by atoms with Crippen LogP contribution in [0.3, 0.4) is 0 Å². The highest BCUT2D eigenvalue weighted by molar-refractivity contribution is 5.79. The molecule has 0 aliphatic carbocycles. The molecule has 0 radical (unpaired) electrons. The molecule has 88 valence electrons. The summed E-state index contributed by atoms with van der Waals surface area (Å²) in [6.07, 6.45) is 0. The van der Waals surface area contributed by atoms with Gasteiger partial charge in [0.2, 0.25) is 5.91 Å². The van der Waals surface area contributed by atoms with Gasteiger partial charge in [0.25, 0.3) is 0 Å². The van der Waals surface area contributed by atoms with Crippen molar-refractivity contribution in [3.63, 3.8) is 0 Å². The van der Waals surface area contributed by atoms with Crippen LogP contribution in [-0.4, -0.2) is 70.1 Å². The minimum absolute atomic E-state index is 0.105. The molecule has 7 heteroatoms. The number of carbonyl (C=O) groups excluding carboxylic acids is 1. The number of hydrazine groups is 1. The van der Waals surface area contributed by atoms with E-state index < -0.39 is 18.4 Å². The van der Waals surface area contributed by atoms with Crippen molar-refractivity contribution in [3.05, 3.63) is 0 Å². The van der Waals surface area contributed by atoms with Gasteiger partial charge >= 0.3 is 5.97 Å². The minimum Gasteiger partial charge on any atom is -0.480 e. The summed E-state index contributed by atoms with van der Waals surface area (Å²) in [6, 6.07) is 0. The molecule has 0 unspecified atom stereocenters. The normalized spacial score (nSPS) is 10.4. The first-order valence-electron chi connectivity index (χ1n) is 4.49. The first-order valence-corrected chi connectivity index (χ1v) is 4.49. The van der Waals surface area contributed by atoms with Crippen molar-refractivity contribution in [2.24, 2.45) is 0 Å². The number of rotatable bonds is 7. The minimum atomic E-state index is -1.15. The molecule has 1 amide bonds. The predicted molar refractivity (Wildman–Crippen MR) is 50.8 cm³/mol. The number of amides is 1. The van der Waals surface area contributed by atoms with Crippen molar-refractivity contribution in [2.45, 2.75) is 6.92 Å². The molecular formula is C8H16N2O5. The second kappa shape index (κ2) is 7.16. The molecule has 0 atom stereocenters. The Kier molecular flexibility index (Phi) is 6.59. The maximum Gasteiger partial charge on any atom is 0.324 e. The van der Waals surface area contributed by atoms with Crippen LogP contribution in [-0.2, 0) is 9.59 Å². The van der Waals surface area contributed by atoms with Crippen molar-refractivity contribution < 1.29 is 24.9 Å². The number of carboxylic acid groups (broad SMARTS) is 1. The summed E-state index contributed by atoms with van der Waals surface area (Å²) in [5, 5.41) is 28.3. The van der Waals surface area contributed by atoms with E-state index in [0.29, 0.717) is 0 Å². The predicted octanol–water partition coefficient (Wildman–Crippen LogP) is -1.88. The van der Waals surface area contributed by atoms with Gasteiger partial charge in [-0.25, -0.2) is 5.01 Å².